The second kappa shape index (κ2) is 13.2. The smallest absolute Gasteiger partial charge is 0.624 e. The number of fused-ring (bicyclic) bond motifs is 2. The quantitative estimate of drug-likeness (QED) is 0.159. The van der Waals surface area contributed by atoms with E-state index in [4.69, 9.17) is 0 Å². The summed E-state index contributed by atoms with van der Waals surface area (Å²) in [5.41, 5.74) is 4.26. The molecule has 2 heterocycles. The Labute approximate surface area is 267 Å². The number of hydrogen-bond donors (Lipinski definition) is 0. The van der Waals surface area contributed by atoms with Crippen LogP contribution in [-0.4, -0.2) is 21.8 Å². The van der Waals surface area contributed by atoms with Crippen molar-refractivity contribution < 1.29 is 26.4 Å². The monoisotopic (exact) mass is 621 g/mol. The molecule has 44 heavy (non-hydrogen) atoms. The van der Waals surface area contributed by atoms with E-state index in [0.29, 0.717) is 22.4 Å². The molecule has 0 N–H and O–H groups in total. The Morgan fingerprint density at radius 2 is 0.955 bits per heavy atom. The maximum Gasteiger partial charge on any atom is 2.00 e. The number of para-hydroxylation sites is 2. The van der Waals surface area contributed by atoms with E-state index in [1.165, 1.54) is 0 Å². The standard InChI is InChI=1S/C37H32N4O2.Co/c1-25-13-17-27(18-14-25)23-37(24-28-19-15-26(2)16-20-28,35(42)40-31-11-3-7-29-9-5-21-38-33(29)31)36(43)41-32-12-4-8-30-10-6-22-39-34(30)32;/h3-22H,23-24H2,1-2H3,(H2,40,41,42,43);/q;+2/p-2. The Balaban J connectivity index is 0.00000384. The van der Waals surface area contributed by atoms with Crippen LogP contribution in [0.2, 0.25) is 0 Å². The number of amides is 2. The molecule has 6 aromatic rings. The van der Waals surface area contributed by atoms with E-state index in [0.717, 1.165) is 33.0 Å². The van der Waals surface area contributed by atoms with Gasteiger partial charge in [0, 0.05) is 12.4 Å². The van der Waals surface area contributed by atoms with Gasteiger partial charge in [-0.1, -0.05) is 108 Å². The van der Waals surface area contributed by atoms with E-state index >= 15 is 0 Å². The van der Waals surface area contributed by atoms with Crippen LogP contribution in [0.25, 0.3) is 32.4 Å². The predicted octanol–water partition coefficient (Wildman–Crippen LogP) is 8.63. The second-order valence-corrected chi connectivity index (χ2v) is 10.9. The number of carbonyl (C=O) groups is 2. The van der Waals surface area contributed by atoms with Crippen LogP contribution < -0.4 is 0 Å². The van der Waals surface area contributed by atoms with Gasteiger partial charge < -0.3 is 20.2 Å². The van der Waals surface area contributed by atoms with Gasteiger partial charge >= 0.3 is 16.8 Å². The number of nitrogens with zero attached hydrogens (tertiary/aromatic N) is 4. The number of aryl methyl sites for hydroxylation is 2. The summed E-state index contributed by atoms with van der Waals surface area (Å²) in [4.78, 5) is 38.2. The summed E-state index contributed by atoms with van der Waals surface area (Å²) in [5.74, 6) is -1.12. The summed E-state index contributed by atoms with van der Waals surface area (Å²) < 4.78 is 0. The number of benzene rings is 4. The fourth-order valence-corrected chi connectivity index (χ4v) is 5.35. The largest absolute Gasteiger partial charge is 2.00 e. The summed E-state index contributed by atoms with van der Waals surface area (Å²) in [6, 6.07) is 34.3. The summed E-state index contributed by atoms with van der Waals surface area (Å²) in [7, 11) is 0. The first-order chi connectivity index (χ1) is 20.9. The maximum absolute atomic E-state index is 14.6. The first-order valence-electron chi connectivity index (χ1n) is 14.2. The molecular weight excluding hydrogens is 591 g/mol. The number of pyridine rings is 2. The van der Waals surface area contributed by atoms with Crippen LogP contribution in [0.4, 0.5) is 11.4 Å². The minimum atomic E-state index is -1.63. The third-order valence-electron chi connectivity index (χ3n) is 7.74. The zero-order valence-electron chi connectivity index (χ0n) is 24.4. The van der Waals surface area contributed by atoms with Crippen molar-refractivity contribution >= 4 is 45.0 Å². The summed E-state index contributed by atoms with van der Waals surface area (Å²) in [6.45, 7) is 4.01. The van der Waals surface area contributed by atoms with Crippen molar-refractivity contribution in [3.63, 3.8) is 0 Å². The van der Waals surface area contributed by atoms with Crippen LogP contribution in [0.15, 0.2) is 122 Å². The van der Waals surface area contributed by atoms with Crippen LogP contribution in [0, 0.1) is 19.3 Å². The van der Waals surface area contributed by atoms with Crippen molar-refractivity contribution in [2.75, 3.05) is 0 Å². The van der Waals surface area contributed by atoms with Crippen molar-refractivity contribution in [3.8, 4) is 0 Å². The molecule has 0 aliphatic heterocycles. The Morgan fingerprint density at radius 1 is 0.568 bits per heavy atom. The van der Waals surface area contributed by atoms with Gasteiger partial charge in [-0.2, -0.15) is 0 Å². The predicted molar refractivity (Wildman–Crippen MR) is 172 cm³/mol. The minimum absolute atomic E-state index is 0. The molecule has 0 atom stereocenters. The molecule has 6 rings (SSSR count). The molecule has 6 nitrogen and oxygen atoms in total. The molecule has 0 aliphatic rings. The molecule has 0 fully saturated rings. The van der Waals surface area contributed by atoms with Crippen LogP contribution in [0.5, 0.6) is 0 Å². The maximum atomic E-state index is 14.6. The molecule has 7 heteroatoms. The normalized spacial score (nSPS) is 11.1. The van der Waals surface area contributed by atoms with Gasteiger partial charge in [0.1, 0.15) is 0 Å². The zero-order chi connectivity index (χ0) is 29.8. The van der Waals surface area contributed by atoms with E-state index in [-0.39, 0.29) is 29.6 Å². The van der Waals surface area contributed by atoms with Crippen LogP contribution in [-0.2, 0) is 39.2 Å². The Kier molecular flexibility index (Phi) is 9.18. The molecule has 2 aromatic heterocycles. The average Bonchev–Trinajstić information content (AvgIpc) is 3.03. The Hall–Kier alpha value is -4.85. The third kappa shape index (κ3) is 6.39. The van der Waals surface area contributed by atoms with Crippen molar-refractivity contribution in [2.24, 2.45) is 5.41 Å². The average molecular weight is 622 g/mol. The van der Waals surface area contributed by atoms with Gasteiger partial charge in [-0.3, -0.25) is 9.97 Å². The van der Waals surface area contributed by atoms with Gasteiger partial charge in [-0.05, 0) is 60.7 Å². The number of rotatable bonds is 8. The summed E-state index contributed by atoms with van der Waals surface area (Å²) in [5, 5.41) is 10.9. The second-order valence-electron chi connectivity index (χ2n) is 10.9. The third-order valence-corrected chi connectivity index (χ3v) is 7.74. The Morgan fingerprint density at radius 3 is 1.36 bits per heavy atom. The van der Waals surface area contributed by atoms with Gasteiger partial charge in [-0.15, -0.1) is 11.4 Å². The van der Waals surface area contributed by atoms with Crippen molar-refractivity contribution in [3.05, 3.63) is 154 Å². The van der Waals surface area contributed by atoms with E-state index in [1.807, 2.05) is 111 Å². The van der Waals surface area contributed by atoms with Crippen LogP contribution >= 0.6 is 0 Å². The molecule has 4 aromatic carbocycles. The van der Waals surface area contributed by atoms with Gasteiger partial charge in [0.2, 0.25) is 0 Å². The van der Waals surface area contributed by atoms with E-state index < -0.39 is 17.2 Å². The number of aromatic nitrogens is 2. The molecule has 0 saturated heterocycles. The molecule has 0 saturated carbocycles. The molecule has 1 radical (unpaired) electrons. The molecule has 0 spiro atoms. The van der Waals surface area contributed by atoms with Crippen LogP contribution in [0.1, 0.15) is 22.3 Å². The van der Waals surface area contributed by atoms with Gasteiger partial charge in [0.25, 0.3) is 0 Å². The SMILES string of the molecule is Cc1ccc(CC(Cc2ccc(C)cc2)(C(=O)[N-]c2cccc3cccnc23)C(=O)[N-]c2cccc3cccnc23)cc1.[Co+2]. The molecule has 0 unspecified atom stereocenters. The van der Waals surface area contributed by atoms with Gasteiger partial charge in [-0.25, -0.2) is 0 Å². The zero-order valence-corrected chi connectivity index (χ0v) is 25.4. The fourth-order valence-electron chi connectivity index (χ4n) is 5.35. The minimum Gasteiger partial charge on any atom is -0.624 e. The van der Waals surface area contributed by atoms with Crippen molar-refractivity contribution in [1.29, 1.82) is 0 Å². The summed E-state index contributed by atoms with van der Waals surface area (Å²) >= 11 is 0. The molecule has 2 amide bonds. The molecule has 219 valence electrons. The number of carbonyl (C=O) groups excluding carboxylic acids is 2. The van der Waals surface area contributed by atoms with E-state index in [9.17, 15) is 9.59 Å². The Bertz CT molecular complexity index is 1790. The number of hydrogen-bond acceptors (Lipinski definition) is 4. The van der Waals surface area contributed by atoms with E-state index in [1.54, 1.807) is 24.5 Å². The summed E-state index contributed by atoms with van der Waals surface area (Å²) in [6.07, 6.45) is 3.60. The molecular formula is C37H30CoN4O2. The van der Waals surface area contributed by atoms with Gasteiger partial charge in [0.05, 0.1) is 28.3 Å². The van der Waals surface area contributed by atoms with Crippen molar-refractivity contribution in [1.82, 2.24) is 9.97 Å². The van der Waals surface area contributed by atoms with E-state index in [2.05, 4.69) is 20.6 Å². The first-order valence-corrected chi connectivity index (χ1v) is 14.2. The molecule has 0 bridgehead atoms. The topological polar surface area (TPSA) is 88.1 Å². The fraction of sp³-hybridized carbons (Fsp3) is 0.135. The van der Waals surface area contributed by atoms with Crippen molar-refractivity contribution in [2.45, 2.75) is 26.7 Å². The van der Waals surface area contributed by atoms with Gasteiger partial charge in [0.15, 0.2) is 0 Å². The first kappa shape index (κ1) is 30.6. The van der Waals surface area contributed by atoms with Crippen LogP contribution in [0.3, 0.4) is 0 Å². The molecule has 0 aliphatic carbocycles.